The highest BCUT2D eigenvalue weighted by Crippen LogP contribution is 2.30. The molecule has 4 rings (SSSR count). The first-order valence-electron chi connectivity index (χ1n) is 9.43. The van der Waals surface area contributed by atoms with Crippen molar-refractivity contribution in [2.24, 2.45) is 0 Å². The smallest absolute Gasteiger partial charge is 0.255 e. The van der Waals surface area contributed by atoms with Crippen LogP contribution in [0.15, 0.2) is 18.2 Å². The molecular weight excluding hydrogens is 370 g/mol. The number of benzene rings is 1. The first-order chi connectivity index (χ1) is 13.4. The van der Waals surface area contributed by atoms with Gasteiger partial charge in [-0.2, -0.15) is 0 Å². The molecule has 3 amide bonds. The summed E-state index contributed by atoms with van der Waals surface area (Å²) in [4.78, 5) is 40.1. The Labute approximate surface area is 161 Å². The number of carbonyl (C=O) groups excluding carboxylic acids is 3. The molecule has 0 aliphatic carbocycles. The van der Waals surface area contributed by atoms with Crippen LogP contribution in [0.25, 0.3) is 0 Å². The van der Waals surface area contributed by atoms with Crippen molar-refractivity contribution in [1.82, 2.24) is 20.4 Å². The Morgan fingerprint density at radius 1 is 1.21 bits per heavy atom. The van der Waals surface area contributed by atoms with Gasteiger partial charge in [0.2, 0.25) is 11.8 Å². The molecule has 0 aromatic heterocycles. The number of hydrogen-bond donors (Lipinski definition) is 2. The molecule has 2 saturated heterocycles. The average molecular weight is 392 g/mol. The van der Waals surface area contributed by atoms with Crippen LogP contribution in [0.4, 0.5) is 8.78 Å². The van der Waals surface area contributed by atoms with Gasteiger partial charge in [-0.05, 0) is 17.5 Å². The second-order valence-corrected chi connectivity index (χ2v) is 7.48. The SMILES string of the molecule is O=C1CCC(N2Cc3cccc(CN4CCNC(C(F)F)C4)c3C2=O)C(=O)N1. The van der Waals surface area contributed by atoms with Crippen molar-refractivity contribution in [1.29, 1.82) is 0 Å². The normalized spacial score (nSPS) is 26.0. The van der Waals surface area contributed by atoms with Crippen molar-refractivity contribution >= 4 is 17.7 Å². The van der Waals surface area contributed by atoms with Gasteiger partial charge in [-0.1, -0.05) is 18.2 Å². The van der Waals surface area contributed by atoms with Gasteiger partial charge in [0.05, 0.1) is 6.04 Å². The number of nitrogens with one attached hydrogen (secondary N) is 2. The number of imide groups is 1. The molecule has 2 fully saturated rings. The molecule has 7 nitrogen and oxygen atoms in total. The number of piperazine rings is 1. The summed E-state index contributed by atoms with van der Waals surface area (Å²) in [6, 6.07) is 4.00. The molecule has 3 heterocycles. The fourth-order valence-corrected chi connectivity index (χ4v) is 4.22. The fourth-order valence-electron chi connectivity index (χ4n) is 4.22. The largest absolute Gasteiger partial charge is 0.322 e. The van der Waals surface area contributed by atoms with Gasteiger partial charge in [-0.3, -0.25) is 24.6 Å². The molecule has 2 N–H and O–H groups in total. The molecule has 0 bridgehead atoms. The second kappa shape index (κ2) is 7.56. The molecule has 150 valence electrons. The summed E-state index contributed by atoms with van der Waals surface area (Å²) in [6.07, 6.45) is -1.92. The van der Waals surface area contributed by atoms with Crippen molar-refractivity contribution in [3.8, 4) is 0 Å². The monoisotopic (exact) mass is 392 g/mol. The van der Waals surface area contributed by atoms with Gasteiger partial charge in [0.25, 0.3) is 12.3 Å². The van der Waals surface area contributed by atoms with Crippen molar-refractivity contribution in [3.63, 3.8) is 0 Å². The molecule has 0 radical (unpaired) electrons. The van der Waals surface area contributed by atoms with E-state index < -0.39 is 24.4 Å². The molecule has 0 saturated carbocycles. The zero-order chi connectivity index (χ0) is 19.8. The molecule has 1 aromatic carbocycles. The molecule has 9 heteroatoms. The Morgan fingerprint density at radius 3 is 2.79 bits per heavy atom. The molecule has 3 aliphatic rings. The van der Waals surface area contributed by atoms with Gasteiger partial charge in [0.1, 0.15) is 6.04 Å². The maximum atomic E-state index is 13.1. The third-order valence-electron chi connectivity index (χ3n) is 5.63. The van der Waals surface area contributed by atoms with Crippen LogP contribution in [-0.2, 0) is 22.7 Å². The fraction of sp³-hybridized carbons (Fsp3) is 0.526. The van der Waals surface area contributed by atoms with Crippen molar-refractivity contribution < 1.29 is 23.2 Å². The predicted molar refractivity (Wildman–Crippen MR) is 95.6 cm³/mol. The van der Waals surface area contributed by atoms with E-state index in [1.165, 1.54) is 4.90 Å². The van der Waals surface area contributed by atoms with Crippen LogP contribution in [0.3, 0.4) is 0 Å². The van der Waals surface area contributed by atoms with Gasteiger partial charge in [-0.25, -0.2) is 8.78 Å². The van der Waals surface area contributed by atoms with E-state index in [0.717, 1.165) is 11.1 Å². The van der Waals surface area contributed by atoms with E-state index in [0.29, 0.717) is 38.2 Å². The van der Waals surface area contributed by atoms with Crippen molar-refractivity contribution in [2.45, 2.75) is 44.4 Å². The van der Waals surface area contributed by atoms with Crippen LogP contribution in [0.1, 0.15) is 34.3 Å². The van der Waals surface area contributed by atoms with Crippen LogP contribution in [0, 0.1) is 0 Å². The summed E-state index contributed by atoms with van der Waals surface area (Å²) in [5.74, 6) is -1.00. The highest BCUT2D eigenvalue weighted by Gasteiger charge is 2.40. The number of alkyl halides is 2. The Hall–Kier alpha value is -2.39. The van der Waals surface area contributed by atoms with E-state index in [-0.39, 0.29) is 24.8 Å². The van der Waals surface area contributed by atoms with E-state index >= 15 is 0 Å². The highest BCUT2D eigenvalue weighted by atomic mass is 19.3. The van der Waals surface area contributed by atoms with Gasteiger partial charge >= 0.3 is 0 Å². The van der Waals surface area contributed by atoms with Crippen molar-refractivity contribution in [3.05, 3.63) is 34.9 Å². The summed E-state index contributed by atoms with van der Waals surface area (Å²) in [5.41, 5.74) is 2.17. The lowest BCUT2D eigenvalue weighted by molar-refractivity contribution is -0.136. The summed E-state index contributed by atoms with van der Waals surface area (Å²) in [6.45, 7) is 2.03. The number of fused-ring (bicyclic) bond motifs is 1. The maximum Gasteiger partial charge on any atom is 0.255 e. The minimum absolute atomic E-state index is 0.208. The predicted octanol–water partition coefficient (Wildman–Crippen LogP) is 0.487. The molecule has 1 aromatic rings. The molecule has 2 unspecified atom stereocenters. The standard InChI is InChI=1S/C19H22F2N4O3/c20-17(21)13-10-24(7-6-22-13)8-11-2-1-3-12-9-25(19(28)16(11)12)14-4-5-15(26)23-18(14)27/h1-3,13-14,17,22H,4-10H2,(H,23,26,27). The number of rotatable bonds is 4. The Morgan fingerprint density at radius 2 is 2.04 bits per heavy atom. The Bertz CT molecular complexity index is 816. The van der Waals surface area contributed by atoms with Gasteiger partial charge in [0, 0.05) is 44.7 Å². The van der Waals surface area contributed by atoms with Crippen LogP contribution in [0.2, 0.25) is 0 Å². The zero-order valence-corrected chi connectivity index (χ0v) is 15.3. The van der Waals surface area contributed by atoms with Crippen LogP contribution in [0.5, 0.6) is 0 Å². The minimum atomic E-state index is -2.44. The van der Waals surface area contributed by atoms with E-state index in [2.05, 4.69) is 10.6 Å². The lowest BCUT2D eigenvalue weighted by atomic mass is 10.0. The molecular formula is C19H22F2N4O3. The van der Waals surface area contributed by atoms with E-state index in [9.17, 15) is 23.2 Å². The Balaban J connectivity index is 1.52. The number of halogens is 2. The highest BCUT2D eigenvalue weighted by molar-refractivity contribution is 6.05. The number of carbonyl (C=O) groups is 3. The van der Waals surface area contributed by atoms with Gasteiger partial charge in [0.15, 0.2) is 0 Å². The minimum Gasteiger partial charge on any atom is -0.322 e. The average Bonchev–Trinajstić information content (AvgIpc) is 2.99. The van der Waals surface area contributed by atoms with E-state index in [4.69, 9.17) is 0 Å². The van der Waals surface area contributed by atoms with Gasteiger partial charge < -0.3 is 10.2 Å². The lowest BCUT2D eigenvalue weighted by Gasteiger charge is -2.33. The first-order valence-corrected chi connectivity index (χ1v) is 9.43. The van der Waals surface area contributed by atoms with E-state index in [1.807, 2.05) is 23.1 Å². The summed E-state index contributed by atoms with van der Waals surface area (Å²) >= 11 is 0. The molecule has 2 atom stereocenters. The molecule has 3 aliphatic heterocycles. The maximum absolute atomic E-state index is 13.1. The zero-order valence-electron chi connectivity index (χ0n) is 15.3. The van der Waals surface area contributed by atoms with E-state index in [1.54, 1.807) is 0 Å². The number of hydrogen-bond acceptors (Lipinski definition) is 5. The number of piperidine rings is 1. The molecule has 28 heavy (non-hydrogen) atoms. The van der Waals surface area contributed by atoms with Crippen LogP contribution >= 0.6 is 0 Å². The number of amides is 3. The Kier molecular flexibility index (Phi) is 5.11. The van der Waals surface area contributed by atoms with Crippen LogP contribution in [-0.4, -0.2) is 65.7 Å². The lowest BCUT2D eigenvalue weighted by Crippen LogP contribution is -2.53. The second-order valence-electron chi connectivity index (χ2n) is 7.48. The van der Waals surface area contributed by atoms with Crippen molar-refractivity contribution in [2.75, 3.05) is 19.6 Å². The van der Waals surface area contributed by atoms with Gasteiger partial charge in [-0.15, -0.1) is 0 Å². The third kappa shape index (κ3) is 3.51. The quantitative estimate of drug-likeness (QED) is 0.729. The summed E-state index contributed by atoms with van der Waals surface area (Å²) in [7, 11) is 0. The first kappa shape index (κ1) is 18.9. The molecule has 0 spiro atoms. The van der Waals surface area contributed by atoms with Crippen LogP contribution < -0.4 is 10.6 Å². The summed E-state index contributed by atoms with van der Waals surface area (Å²) < 4.78 is 26.0. The third-order valence-corrected chi connectivity index (χ3v) is 5.63. The number of nitrogens with zero attached hydrogens (tertiary/aromatic N) is 2. The topological polar surface area (TPSA) is 81.8 Å². The summed E-state index contributed by atoms with van der Waals surface area (Å²) in [5, 5.41) is 5.11.